The maximum absolute atomic E-state index is 12.4. The summed E-state index contributed by atoms with van der Waals surface area (Å²) in [6.07, 6.45) is 4.85. The zero-order valence-electron chi connectivity index (χ0n) is 14.4. The number of aryl methyl sites for hydroxylation is 2. The van der Waals surface area contributed by atoms with Crippen molar-refractivity contribution in [2.75, 3.05) is 0 Å². The Kier molecular flexibility index (Phi) is 4.79. The fraction of sp³-hybridized carbons (Fsp3) is 0.158. The molecular weight excluding hydrogens is 332 g/mol. The number of carboxylic acid groups (broad SMARTS) is 1. The second kappa shape index (κ2) is 7.18. The summed E-state index contributed by atoms with van der Waals surface area (Å²) in [4.78, 5) is 32.4. The van der Waals surface area contributed by atoms with Crippen molar-refractivity contribution in [3.8, 4) is 5.82 Å². The Hall–Kier alpha value is -3.48. The molecule has 0 aliphatic heterocycles. The monoisotopic (exact) mass is 350 g/mol. The van der Waals surface area contributed by atoms with Crippen LogP contribution < -0.4 is 5.32 Å². The van der Waals surface area contributed by atoms with E-state index in [9.17, 15) is 14.7 Å². The van der Waals surface area contributed by atoms with E-state index >= 15 is 0 Å². The van der Waals surface area contributed by atoms with Crippen LogP contribution in [0.5, 0.6) is 0 Å². The third-order valence-corrected chi connectivity index (χ3v) is 3.98. The number of pyridine rings is 1. The first-order valence-corrected chi connectivity index (χ1v) is 8.02. The molecule has 7 heteroatoms. The normalized spacial score (nSPS) is 11.8. The molecule has 0 radical (unpaired) electrons. The Balaban J connectivity index is 1.80. The maximum Gasteiger partial charge on any atom is 0.330 e. The van der Waals surface area contributed by atoms with E-state index in [4.69, 9.17) is 0 Å². The van der Waals surface area contributed by atoms with Crippen molar-refractivity contribution in [1.82, 2.24) is 19.9 Å². The molecule has 0 saturated heterocycles. The van der Waals surface area contributed by atoms with Gasteiger partial charge in [0.1, 0.15) is 11.6 Å². The van der Waals surface area contributed by atoms with Crippen LogP contribution in [0.1, 0.15) is 33.4 Å². The number of carboxylic acids is 1. The smallest absolute Gasteiger partial charge is 0.330 e. The molecule has 0 saturated carbocycles. The van der Waals surface area contributed by atoms with Crippen LogP contribution in [-0.2, 0) is 4.79 Å². The van der Waals surface area contributed by atoms with E-state index in [-0.39, 0.29) is 5.56 Å². The minimum absolute atomic E-state index is 0.283. The summed E-state index contributed by atoms with van der Waals surface area (Å²) in [7, 11) is 0. The zero-order valence-corrected chi connectivity index (χ0v) is 14.4. The quantitative estimate of drug-likeness (QED) is 0.737. The van der Waals surface area contributed by atoms with Crippen molar-refractivity contribution in [3.05, 3.63) is 77.5 Å². The fourth-order valence-corrected chi connectivity index (χ4v) is 2.63. The highest BCUT2D eigenvalue weighted by atomic mass is 16.4. The van der Waals surface area contributed by atoms with Gasteiger partial charge >= 0.3 is 5.97 Å². The average molecular weight is 350 g/mol. The lowest BCUT2D eigenvalue weighted by atomic mass is 10.0. The summed E-state index contributed by atoms with van der Waals surface area (Å²) in [6.45, 7) is 3.71. The molecule has 1 aromatic carbocycles. The molecule has 1 unspecified atom stereocenters. The maximum atomic E-state index is 12.4. The van der Waals surface area contributed by atoms with E-state index < -0.39 is 17.9 Å². The van der Waals surface area contributed by atoms with E-state index in [0.29, 0.717) is 11.4 Å². The Morgan fingerprint density at radius 2 is 1.96 bits per heavy atom. The molecule has 2 heterocycles. The molecule has 0 fully saturated rings. The number of benzene rings is 1. The lowest BCUT2D eigenvalue weighted by Gasteiger charge is -2.15. The lowest BCUT2D eigenvalue weighted by molar-refractivity contribution is -0.139. The van der Waals surface area contributed by atoms with Gasteiger partial charge in [0.15, 0.2) is 6.04 Å². The van der Waals surface area contributed by atoms with Crippen molar-refractivity contribution in [1.29, 1.82) is 0 Å². The van der Waals surface area contributed by atoms with E-state index in [1.807, 2.05) is 19.9 Å². The van der Waals surface area contributed by atoms with Crippen LogP contribution in [0.15, 0.2) is 55.0 Å². The van der Waals surface area contributed by atoms with Gasteiger partial charge in [-0.2, -0.15) is 0 Å². The number of nitrogens with one attached hydrogen (secondary N) is 1. The van der Waals surface area contributed by atoms with Crippen molar-refractivity contribution in [3.63, 3.8) is 0 Å². The number of aliphatic carboxylic acids is 1. The summed E-state index contributed by atoms with van der Waals surface area (Å²) < 4.78 is 1.79. The first-order chi connectivity index (χ1) is 12.5. The van der Waals surface area contributed by atoms with Gasteiger partial charge in [0.2, 0.25) is 0 Å². The van der Waals surface area contributed by atoms with Crippen LogP contribution in [0.3, 0.4) is 0 Å². The minimum atomic E-state index is -1.13. The lowest BCUT2D eigenvalue weighted by Crippen LogP contribution is -2.33. The largest absolute Gasteiger partial charge is 0.479 e. The molecule has 2 N–H and O–H groups in total. The van der Waals surface area contributed by atoms with Gasteiger partial charge in [-0.05, 0) is 31.5 Å². The molecule has 0 bridgehead atoms. The molecule has 3 aromatic rings. The van der Waals surface area contributed by atoms with Gasteiger partial charge in [-0.3, -0.25) is 9.36 Å². The van der Waals surface area contributed by atoms with Gasteiger partial charge in [-0.15, -0.1) is 0 Å². The second-order valence-electron chi connectivity index (χ2n) is 5.91. The number of nitrogens with zero attached hydrogens (tertiary/aromatic N) is 3. The number of hydrogen-bond acceptors (Lipinski definition) is 4. The highest BCUT2D eigenvalue weighted by Crippen LogP contribution is 2.16. The molecule has 2 aromatic heterocycles. The van der Waals surface area contributed by atoms with E-state index in [1.165, 1.54) is 6.20 Å². The number of aromatic nitrogens is 3. The third kappa shape index (κ3) is 3.61. The molecule has 1 atom stereocenters. The molecule has 26 heavy (non-hydrogen) atoms. The Bertz CT molecular complexity index is 947. The van der Waals surface area contributed by atoms with Gasteiger partial charge in [-0.25, -0.2) is 14.8 Å². The van der Waals surface area contributed by atoms with Crippen LogP contribution in [0.2, 0.25) is 0 Å². The molecule has 3 rings (SSSR count). The van der Waals surface area contributed by atoms with Crippen LogP contribution in [0.25, 0.3) is 5.82 Å². The van der Waals surface area contributed by atoms with Gasteiger partial charge < -0.3 is 10.4 Å². The van der Waals surface area contributed by atoms with Gasteiger partial charge in [0.25, 0.3) is 5.91 Å². The zero-order chi connectivity index (χ0) is 18.7. The number of amides is 1. The molecule has 132 valence electrons. The molecular formula is C19H18N4O3. The third-order valence-electron chi connectivity index (χ3n) is 3.98. The first-order valence-electron chi connectivity index (χ1n) is 8.02. The predicted molar refractivity (Wildman–Crippen MR) is 95.1 cm³/mol. The Morgan fingerprint density at radius 3 is 2.54 bits per heavy atom. The highest BCUT2D eigenvalue weighted by molar-refractivity contribution is 5.96. The van der Waals surface area contributed by atoms with E-state index in [1.54, 1.807) is 47.3 Å². The predicted octanol–water partition coefficient (Wildman–Crippen LogP) is 2.44. The standard InChI is InChI=1S/C19H18N4O3/c1-12-4-3-5-14(10-12)17(19(25)26)22-18(24)15-6-7-16(21-11-15)23-9-8-20-13(23)2/h3-11,17H,1-2H3,(H,22,24)(H,25,26). The first kappa shape index (κ1) is 17.3. The topological polar surface area (TPSA) is 97.1 Å². The van der Waals surface area contributed by atoms with Crippen molar-refractivity contribution >= 4 is 11.9 Å². The summed E-state index contributed by atoms with van der Waals surface area (Å²) >= 11 is 0. The SMILES string of the molecule is Cc1cccc(C(NC(=O)c2ccc(-n3ccnc3C)nc2)C(=O)O)c1. The summed E-state index contributed by atoms with van der Waals surface area (Å²) in [5, 5.41) is 12.0. The second-order valence-corrected chi connectivity index (χ2v) is 5.91. The molecule has 1 amide bonds. The Labute approximate surface area is 150 Å². The number of carbonyl (C=O) groups is 2. The van der Waals surface area contributed by atoms with Gasteiger partial charge in [0.05, 0.1) is 5.56 Å². The Morgan fingerprint density at radius 1 is 1.15 bits per heavy atom. The van der Waals surface area contributed by atoms with E-state index in [0.717, 1.165) is 11.4 Å². The summed E-state index contributed by atoms with van der Waals surface area (Å²) in [5.74, 6) is -0.215. The van der Waals surface area contributed by atoms with Crippen molar-refractivity contribution < 1.29 is 14.7 Å². The number of carbonyl (C=O) groups excluding carboxylic acids is 1. The highest BCUT2D eigenvalue weighted by Gasteiger charge is 2.23. The fourth-order valence-electron chi connectivity index (χ4n) is 2.63. The van der Waals surface area contributed by atoms with Crippen LogP contribution in [0, 0.1) is 13.8 Å². The van der Waals surface area contributed by atoms with E-state index in [2.05, 4.69) is 15.3 Å². The molecule has 0 aliphatic rings. The minimum Gasteiger partial charge on any atom is -0.479 e. The summed E-state index contributed by atoms with van der Waals surface area (Å²) in [6, 6.07) is 9.20. The van der Waals surface area contributed by atoms with Crippen molar-refractivity contribution in [2.45, 2.75) is 19.9 Å². The van der Waals surface area contributed by atoms with Gasteiger partial charge in [0, 0.05) is 18.6 Å². The van der Waals surface area contributed by atoms with Crippen molar-refractivity contribution in [2.24, 2.45) is 0 Å². The van der Waals surface area contributed by atoms with Crippen LogP contribution >= 0.6 is 0 Å². The molecule has 7 nitrogen and oxygen atoms in total. The number of hydrogen-bond donors (Lipinski definition) is 2. The molecule has 0 aliphatic carbocycles. The van der Waals surface area contributed by atoms with Gasteiger partial charge in [-0.1, -0.05) is 29.8 Å². The average Bonchev–Trinajstić information content (AvgIpc) is 3.05. The van der Waals surface area contributed by atoms with Crippen LogP contribution in [-0.4, -0.2) is 31.5 Å². The number of rotatable bonds is 5. The number of imidazole rings is 1. The summed E-state index contributed by atoms with van der Waals surface area (Å²) in [5.41, 5.74) is 1.72. The molecule has 0 spiro atoms. The van der Waals surface area contributed by atoms with Crippen LogP contribution in [0.4, 0.5) is 0 Å².